The average Bonchev–Trinajstić information content (AvgIpc) is 2.69. The Hall–Kier alpha value is -3.34. The molecule has 0 aliphatic heterocycles. The summed E-state index contributed by atoms with van der Waals surface area (Å²) >= 11 is 0. The molecular weight excluding hydrogens is 326 g/mol. The maximum Gasteiger partial charge on any atom is 0.259 e. The number of hydrogen-bond donors (Lipinski definition) is 2. The predicted molar refractivity (Wildman–Crippen MR) is 106 cm³/mol. The van der Waals surface area contributed by atoms with Crippen molar-refractivity contribution < 1.29 is 9.53 Å². The fourth-order valence-electron chi connectivity index (χ4n) is 2.64. The van der Waals surface area contributed by atoms with Crippen molar-refractivity contribution in [2.75, 3.05) is 18.5 Å². The largest absolute Gasteiger partial charge is 0.493 e. The van der Waals surface area contributed by atoms with Gasteiger partial charge in [0.05, 0.1) is 19.4 Å². The molecule has 0 atom stereocenters. The van der Waals surface area contributed by atoms with Gasteiger partial charge in [0.15, 0.2) is 0 Å². The second-order valence-corrected chi connectivity index (χ2v) is 5.64. The van der Waals surface area contributed by atoms with Gasteiger partial charge in [-0.05, 0) is 35.9 Å². The molecule has 0 saturated carbocycles. The zero-order valence-electron chi connectivity index (χ0n) is 14.6. The van der Waals surface area contributed by atoms with Crippen LogP contribution in [0, 0.1) is 0 Å². The van der Waals surface area contributed by atoms with Crippen molar-refractivity contribution >= 4 is 28.6 Å². The number of benzene rings is 3. The Morgan fingerprint density at radius 3 is 2.62 bits per heavy atom. The molecule has 3 aromatic rings. The highest BCUT2D eigenvalue weighted by molar-refractivity contribution is 6.02. The summed E-state index contributed by atoms with van der Waals surface area (Å²) in [5.74, 6) is 0.523. The van der Waals surface area contributed by atoms with E-state index in [1.807, 2.05) is 73.7 Å². The van der Waals surface area contributed by atoms with Gasteiger partial charge in [-0.25, -0.2) is 5.43 Å². The summed E-state index contributed by atoms with van der Waals surface area (Å²) in [6.07, 6.45) is 1.63. The zero-order chi connectivity index (χ0) is 18.2. The minimum Gasteiger partial charge on any atom is -0.493 e. The van der Waals surface area contributed by atoms with Crippen LogP contribution in [0.4, 0.5) is 5.69 Å². The first kappa shape index (κ1) is 17.5. The Bertz CT molecular complexity index is 908. The van der Waals surface area contributed by atoms with Gasteiger partial charge in [0.1, 0.15) is 5.75 Å². The monoisotopic (exact) mass is 347 g/mol. The number of hydrazone groups is 1. The molecule has 26 heavy (non-hydrogen) atoms. The van der Waals surface area contributed by atoms with Crippen LogP contribution in [-0.4, -0.2) is 25.3 Å². The third-order valence-corrected chi connectivity index (χ3v) is 3.84. The third kappa shape index (κ3) is 4.39. The number of amides is 1. The number of carbonyl (C=O) groups excluding carboxylic acids is 1. The molecule has 0 unspecified atom stereocenters. The van der Waals surface area contributed by atoms with Gasteiger partial charge in [0.25, 0.3) is 5.91 Å². The van der Waals surface area contributed by atoms with E-state index in [-0.39, 0.29) is 12.5 Å². The first-order valence-corrected chi connectivity index (χ1v) is 8.53. The fraction of sp³-hybridized carbons (Fsp3) is 0.143. The lowest BCUT2D eigenvalue weighted by atomic mass is 10.0. The van der Waals surface area contributed by atoms with E-state index in [2.05, 4.69) is 15.8 Å². The van der Waals surface area contributed by atoms with E-state index >= 15 is 0 Å². The second-order valence-electron chi connectivity index (χ2n) is 5.64. The van der Waals surface area contributed by atoms with E-state index in [0.29, 0.717) is 6.61 Å². The number of rotatable bonds is 7. The highest BCUT2D eigenvalue weighted by atomic mass is 16.5. The quantitative estimate of drug-likeness (QED) is 0.505. The summed E-state index contributed by atoms with van der Waals surface area (Å²) in [5.41, 5.74) is 4.28. The van der Waals surface area contributed by atoms with Gasteiger partial charge in [-0.15, -0.1) is 0 Å². The van der Waals surface area contributed by atoms with Crippen molar-refractivity contribution in [3.63, 3.8) is 0 Å². The zero-order valence-corrected chi connectivity index (χ0v) is 14.6. The van der Waals surface area contributed by atoms with Crippen molar-refractivity contribution in [2.45, 2.75) is 6.92 Å². The summed E-state index contributed by atoms with van der Waals surface area (Å²) in [7, 11) is 0. The lowest BCUT2D eigenvalue weighted by Crippen LogP contribution is -2.25. The molecule has 0 aromatic heterocycles. The number of ether oxygens (including phenoxy) is 1. The van der Waals surface area contributed by atoms with Crippen LogP contribution in [0.5, 0.6) is 5.75 Å². The van der Waals surface area contributed by atoms with E-state index in [9.17, 15) is 4.79 Å². The van der Waals surface area contributed by atoms with E-state index < -0.39 is 0 Å². The Morgan fingerprint density at radius 1 is 1.04 bits per heavy atom. The van der Waals surface area contributed by atoms with Crippen molar-refractivity contribution in [3.05, 3.63) is 72.3 Å². The molecule has 0 saturated heterocycles. The summed E-state index contributed by atoms with van der Waals surface area (Å²) < 4.78 is 5.69. The van der Waals surface area contributed by atoms with Crippen molar-refractivity contribution in [1.82, 2.24) is 5.43 Å². The highest BCUT2D eigenvalue weighted by Gasteiger charge is 2.07. The van der Waals surface area contributed by atoms with Crippen LogP contribution in [0.15, 0.2) is 71.8 Å². The second kappa shape index (κ2) is 8.67. The third-order valence-electron chi connectivity index (χ3n) is 3.84. The number of nitrogens with zero attached hydrogens (tertiary/aromatic N) is 1. The highest BCUT2D eigenvalue weighted by Crippen LogP contribution is 2.26. The summed E-state index contributed by atoms with van der Waals surface area (Å²) in [4.78, 5) is 12.0. The molecule has 132 valence electrons. The van der Waals surface area contributed by atoms with Crippen LogP contribution in [0.25, 0.3) is 10.8 Å². The number of carbonyl (C=O) groups is 1. The van der Waals surface area contributed by atoms with Crippen LogP contribution in [-0.2, 0) is 4.79 Å². The molecule has 5 nitrogen and oxygen atoms in total. The molecule has 0 spiro atoms. The number of para-hydroxylation sites is 1. The van der Waals surface area contributed by atoms with Gasteiger partial charge >= 0.3 is 0 Å². The maximum atomic E-state index is 12.0. The summed E-state index contributed by atoms with van der Waals surface area (Å²) in [5, 5.41) is 9.26. The predicted octanol–water partition coefficient (Wildman–Crippen LogP) is 3.80. The molecule has 3 aromatic carbocycles. The van der Waals surface area contributed by atoms with Gasteiger partial charge in [-0.3, -0.25) is 4.79 Å². The summed E-state index contributed by atoms with van der Waals surface area (Å²) in [6, 6.07) is 21.5. The normalized spacial score (nSPS) is 10.8. The van der Waals surface area contributed by atoms with Crippen LogP contribution in [0.1, 0.15) is 12.5 Å². The molecule has 2 N–H and O–H groups in total. The number of nitrogens with one attached hydrogen (secondary N) is 2. The van der Waals surface area contributed by atoms with Gasteiger partial charge in [-0.1, -0.05) is 48.5 Å². The average molecular weight is 347 g/mol. The minimum atomic E-state index is -0.219. The van der Waals surface area contributed by atoms with E-state index in [4.69, 9.17) is 4.74 Å². The Kier molecular flexibility index (Phi) is 5.83. The molecular formula is C21H21N3O2. The first-order chi connectivity index (χ1) is 12.8. The molecule has 0 aliphatic rings. The molecule has 0 heterocycles. The van der Waals surface area contributed by atoms with Gasteiger partial charge in [0, 0.05) is 11.3 Å². The van der Waals surface area contributed by atoms with Crippen LogP contribution in [0.3, 0.4) is 0 Å². The van der Waals surface area contributed by atoms with Crippen molar-refractivity contribution in [2.24, 2.45) is 5.10 Å². The van der Waals surface area contributed by atoms with E-state index in [0.717, 1.165) is 27.8 Å². The molecule has 1 amide bonds. The molecule has 3 rings (SSSR count). The van der Waals surface area contributed by atoms with Gasteiger partial charge < -0.3 is 10.1 Å². The van der Waals surface area contributed by atoms with Crippen LogP contribution < -0.4 is 15.5 Å². The SMILES string of the molecule is CCOc1ccc2ccccc2c1/C=N/NC(=O)CNc1ccccc1. The Balaban J connectivity index is 1.69. The Labute approximate surface area is 152 Å². The number of fused-ring (bicyclic) bond motifs is 1. The molecule has 0 fully saturated rings. The van der Waals surface area contributed by atoms with E-state index in [1.165, 1.54) is 0 Å². The lowest BCUT2D eigenvalue weighted by molar-refractivity contribution is -0.119. The first-order valence-electron chi connectivity index (χ1n) is 8.53. The van der Waals surface area contributed by atoms with Crippen molar-refractivity contribution in [3.8, 4) is 5.75 Å². The molecule has 5 heteroatoms. The van der Waals surface area contributed by atoms with Gasteiger partial charge in [-0.2, -0.15) is 5.10 Å². The van der Waals surface area contributed by atoms with E-state index in [1.54, 1.807) is 6.21 Å². The van der Waals surface area contributed by atoms with Crippen LogP contribution in [0.2, 0.25) is 0 Å². The topological polar surface area (TPSA) is 62.7 Å². The number of hydrogen-bond acceptors (Lipinski definition) is 4. The molecule has 0 radical (unpaired) electrons. The minimum absolute atomic E-state index is 0.148. The standard InChI is InChI=1S/C21H21N3O2/c1-2-26-20-13-12-16-8-6-7-11-18(16)19(20)14-23-24-21(25)15-22-17-9-4-3-5-10-17/h3-14,22H,2,15H2,1H3,(H,24,25)/b23-14+. The smallest absolute Gasteiger partial charge is 0.259 e. The molecule has 0 bridgehead atoms. The maximum absolute atomic E-state index is 12.0. The Morgan fingerprint density at radius 2 is 1.81 bits per heavy atom. The van der Waals surface area contributed by atoms with Crippen molar-refractivity contribution in [1.29, 1.82) is 0 Å². The number of anilines is 1. The summed E-state index contributed by atoms with van der Waals surface area (Å²) in [6.45, 7) is 2.65. The van der Waals surface area contributed by atoms with Crippen LogP contribution >= 0.6 is 0 Å². The lowest BCUT2D eigenvalue weighted by Gasteiger charge is -2.10. The fourth-order valence-corrected chi connectivity index (χ4v) is 2.64. The molecule has 0 aliphatic carbocycles. The van der Waals surface area contributed by atoms with Gasteiger partial charge in [0.2, 0.25) is 0 Å².